The molecule has 0 amide bonds. The number of rotatable bonds is 8. The van der Waals surface area contributed by atoms with Crippen LogP contribution < -0.4 is 5.32 Å². The Balaban J connectivity index is 1.76. The molecule has 0 aromatic carbocycles. The lowest BCUT2D eigenvalue weighted by Gasteiger charge is -2.42. The third-order valence-corrected chi connectivity index (χ3v) is 8.38. The van der Waals surface area contributed by atoms with Gasteiger partial charge in [-0.1, -0.05) is 51.9 Å². The van der Waals surface area contributed by atoms with Crippen molar-refractivity contribution in [1.29, 1.82) is 0 Å². The number of unbranched alkanes of at least 4 members (excludes halogenated alkanes) is 6. The van der Waals surface area contributed by atoms with E-state index in [1.165, 1.54) is 32.1 Å². The van der Waals surface area contributed by atoms with E-state index in [4.69, 9.17) is 0 Å². The van der Waals surface area contributed by atoms with Crippen molar-refractivity contribution in [2.75, 3.05) is 11.5 Å². The molecule has 2 saturated heterocycles. The van der Waals surface area contributed by atoms with Gasteiger partial charge in [-0.2, -0.15) is 13.2 Å². The highest BCUT2D eigenvalue weighted by atomic mass is 32.2. The van der Waals surface area contributed by atoms with Crippen molar-refractivity contribution in [3.8, 4) is 0 Å². The van der Waals surface area contributed by atoms with E-state index in [9.17, 15) is 13.2 Å². The summed E-state index contributed by atoms with van der Waals surface area (Å²) in [6.45, 7) is 2.21. The Labute approximate surface area is 147 Å². The van der Waals surface area contributed by atoms with Crippen molar-refractivity contribution in [3.63, 3.8) is 0 Å². The largest absolute Gasteiger partial charge is 0.403 e. The molecule has 2 fully saturated rings. The van der Waals surface area contributed by atoms with Crippen LogP contribution in [0.4, 0.5) is 13.2 Å². The number of alkyl halides is 3. The lowest BCUT2D eigenvalue weighted by Crippen LogP contribution is -2.56. The van der Waals surface area contributed by atoms with E-state index in [1.807, 2.05) is 0 Å². The highest BCUT2D eigenvalue weighted by Crippen LogP contribution is 2.53. The van der Waals surface area contributed by atoms with E-state index >= 15 is 0 Å². The SMILES string of the molecule is CCCCCCCCC[C@@H]1CC2(C[C@H](C(F)(F)F)N1)SCCS2. The third-order valence-electron chi connectivity index (χ3n) is 4.87. The van der Waals surface area contributed by atoms with Crippen molar-refractivity contribution >= 4 is 23.5 Å². The summed E-state index contributed by atoms with van der Waals surface area (Å²) in [7, 11) is 0. The Morgan fingerprint density at radius 1 is 0.957 bits per heavy atom. The van der Waals surface area contributed by atoms with Gasteiger partial charge in [-0.15, -0.1) is 23.5 Å². The number of piperidine rings is 1. The first-order chi connectivity index (χ1) is 11.0. The van der Waals surface area contributed by atoms with Crippen LogP contribution in [0.5, 0.6) is 0 Å². The number of hydrogen-bond donors (Lipinski definition) is 1. The van der Waals surface area contributed by atoms with E-state index < -0.39 is 12.2 Å². The van der Waals surface area contributed by atoms with Crippen molar-refractivity contribution < 1.29 is 13.2 Å². The van der Waals surface area contributed by atoms with Gasteiger partial charge in [0, 0.05) is 17.5 Å². The molecule has 136 valence electrons. The minimum atomic E-state index is -4.12. The van der Waals surface area contributed by atoms with Gasteiger partial charge in [-0.25, -0.2) is 0 Å². The quantitative estimate of drug-likeness (QED) is 0.528. The summed E-state index contributed by atoms with van der Waals surface area (Å²) >= 11 is 3.53. The molecule has 2 atom stereocenters. The first-order valence-electron chi connectivity index (χ1n) is 9.06. The summed E-state index contributed by atoms with van der Waals surface area (Å²) in [4.78, 5) is 0. The molecule has 23 heavy (non-hydrogen) atoms. The van der Waals surface area contributed by atoms with Gasteiger partial charge >= 0.3 is 6.18 Å². The average Bonchev–Trinajstić information content (AvgIpc) is 2.92. The van der Waals surface area contributed by atoms with Gasteiger partial charge in [0.1, 0.15) is 6.04 Å². The van der Waals surface area contributed by atoms with Crippen LogP contribution in [0.15, 0.2) is 0 Å². The van der Waals surface area contributed by atoms with Crippen molar-refractivity contribution in [1.82, 2.24) is 5.32 Å². The molecule has 0 saturated carbocycles. The summed E-state index contributed by atoms with van der Waals surface area (Å²) < 4.78 is 39.5. The van der Waals surface area contributed by atoms with E-state index in [-0.39, 0.29) is 16.5 Å². The molecule has 2 aliphatic rings. The summed E-state index contributed by atoms with van der Waals surface area (Å²) in [5, 5.41) is 2.90. The Bertz CT molecular complexity index is 343. The maximum atomic E-state index is 13.2. The van der Waals surface area contributed by atoms with Gasteiger partial charge in [0.25, 0.3) is 0 Å². The predicted octanol–water partition coefficient (Wildman–Crippen LogP) is 5.99. The highest BCUT2D eigenvalue weighted by Gasteiger charge is 2.51. The van der Waals surface area contributed by atoms with Crippen LogP contribution in [0.1, 0.15) is 71.1 Å². The molecule has 0 aromatic rings. The monoisotopic (exact) mass is 369 g/mol. The van der Waals surface area contributed by atoms with Crippen LogP contribution in [0, 0.1) is 0 Å². The minimum absolute atomic E-state index is 0.0316. The van der Waals surface area contributed by atoms with E-state index in [2.05, 4.69) is 12.2 Å². The molecule has 6 heteroatoms. The molecule has 2 heterocycles. The second kappa shape index (κ2) is 9.23. The Morgan fingerprint density at radius 2 is 1.57 bits per heavy atom. The molecule has 0 radical (unpaired) electrons. The van der Waals surface area contributed by atoms with Crippen LogP contribution in [-0.2, 0) is 0 Å². The normalized spacial score (nSPS) is 27.7. The van der Waals surface area contributed by atoms with Crippen LogP contribution in [0.3, 0.4) is 0 Å². The van der Waals surface area contributed by atoms with Gasteiger partial charge in [-0.05, 0) is 19.3 Å². The van der Waals surface area contributed by atoms with E-state index in [1.54, 1.807) is 23.5 Å². The van der Waals surface area contributed by atoms with Gasteiger partial charge < -0.3 is 5.32 Å². The van der Waals surface area contributed by atoms with Crippen molar-refractivity contribution in [3.05, 3.63) is 0 Å². The predicted molar refractivity (Wildman–Crippen MR) is 96.3 cm³/mol. The summed E-state index contributed by atoms with van der Waals surface area (Å²) in [6, 6.07) is -1.28. The first kappa shape index (κ1) is 19.8. The third kappa shape index (κ3) is 6.35. The zero-order valence-corrected chi connectivity index (χ0v) is 15.7. The molecule has 0 bridgehead atoms. The molecule has 0 aliphatic carbocycles. The maximum absolute atomic E-state index is 13.2. The van der Waals surface area contributed by atoms with Gasteiger partial charge in [0.05, 0.1) is 4.08 Å². The summed E-state index contributed by atoms with van der Waals surface area (Å²) in [5.41, 5.74) is 0. The van der Waals surface area contributed by atoms with Gasteiger partial charge in [-0.3, -0.25) is 0 Å². The topological polar surface area (TPSA) is 12.0 Å². The molecule has 1 spiro atoms. The second-order valence-corrected chi connectivity index (χ2v) is 10.1. The number of hydrogen-bond acceptors (Lipinski definition) is 3. The zero-order valence-electron chi connectivity index (χ0n) is 14.1. The number of halogens is 3. The standard InChI is InChI=1S/C17H30F3NS2/c1-2-3-4-5-6-7-8-9-14-12-16(22-10-11-23-16)13-15(21-14)17(18,19)20/h14-15,21H,2-13H2,1H3/t14-,15-/m1/s1. The molecule has 2 aliphatic heterocycles. The van der Waals surface area contributed by atoms with Crippen LogP contribution in [0.2, 0.25) is 0 Å². The molecule has 1 N–H and O–H groups in total. The minimum Gasteiger partial charge on any atom is -0.303 e. The smallest absolute Gasteiger partial charge is 0.303 e. The number of thioether (sulfide) groups is 2. The Kier molecular flexibility index (Phi) is 7.94. The fourth-order valence-electron chi connectivity index (χ4n) is 3.65. The van der Waals surface area contributed by atoms with Crippen LogP contribution >= 0.6 is 23.5 Å². The molecule has 1 nitrogen and oxygen atoms in total. The molecular formula is C17H30F3NS2. The lowest BCUT2D eigenvalue weighted by molar-refractivity contribution is -0.163. The second-order valence-electron chi connectivity index (χ2n) is 6.88. The fourth-order valence-corrected chi connectivity index (χ4v) is 7.10. The zero-order chi connectivity index (χ0) is 16.8. The van der Waals surface area contributed by atoms with Crippen molar-refractivity contribution in [2.24, 2.45) is 0 Å². The lowest BCUT2D eigenvalue weighted by atomic mass is 9.93. The van der Waals surface area contributed by atoms with E-state index in [0.29, 0.717) is 0 Å². The average molecular weight is 370 g/mol. The summed E-state index contributed by atoms with van der Waals surface area (Å²) in [5.74, 6) is 2.00. The van der Waals surface area contributed by atoms with Gasteiger partial charge in [0.15, 0.2) is 0 Å². The van der Waals surface area contributed by atoms with Crippen LogP contribution in [-0.4, -0.2) is 33.8 Å². The molecule has 2 rings (SSSR count). The maximum Gasteiger partial charge on any atom is 0.403 e. The van der Waals surface area contributed by atoms with E-state index in [0.717, 1.165) is 37.2 Å². The van der Waals surface area contributed by atoms with Crippen molar-refractivity contribution in [2.45, 2.75) is 93.5 Å². The Morgan fingerprint density at radius 3 is 2.17 bits per heavy atom. The number of nitrogens with one attached hydrogen (secondary N) is 1. The Hall–Kier alpha value is 0.450. The highest BCUT2D eigenvalue weighted by molar-refractivity contribution is 8.21. The molecule has 0 unspecified atom stereocenters. The summed E-state index contributed by atoms with van der Waals surface area (Å²) in [6.07, 6.45) is 6.46. The fraction of sp³-hybridized carbons (Fsp3) is 1.00. The molecule has 0 aromatic heterocycles. The van der Waals surface area contributed by atoms with Crippen LogP contribution in [0.25, 0.3) is 0 Å². The first-order valence-corrected chi connectivity index (χ1v) is 11.0. The molecular weight excluding hydrogens is 339 g/mol. The van der Waals surface area contributed by atoms with Gasteiger partial charge in [0.2, 0.25) is 0 Å².